The first kappa shape index (κ1) is 17.4. The Hall–Kier alpha value is -2.99. The summed E-state index contributed by atoms with van der Waals surface area (Å²) >= 11 is 0. The largest absolute Gasteiger partial charge is 0.334 e. The number of para-hydroxylation sites is 1. The summed E-state index contributed by atoms with van der Waals surface area (Å²) < 4.78 is 15.2. The van der Waals surface area contributed by atoms with Crippen LogP contribution in [0.3, 0.4) is 0 Å². The van der Waals surface area contributed by atoms with Gasteiger partial charge in [0.2, 0.25) is 0 Å². The zero-order valence-electron chi connectivity index (χ0n) is 15.3. The Balaban J connectivity index is 1.68. The standard InChI is InChI=1S/C21H22FN5/c1-25-11-13-26(14-12-25)23-15-18-16-27(20-5-3-2-4-6-20)24-21(18)17-7-9-19(22)10-8-17/h2-10,15-16H,11-14H2,1H3/p+1/b23-15-. The summed E-state index contributed by atoms with van der Waals surface area (Å²) in [6.07, 6.45) is 3.84. The highest BCUT2D eigenvalue weighted by Crippen LogP contribution is 2.23. The lowest BCUT2D eigenvalue weighted by molar-refractivity contribution is -0.884. The summed E-state index contributed by atoms with van der Waals surface area (Å²) in [4.78, 5) is 1.53. The monoisotopic (exact) mass is 364 g/mol. The van der Waals surface area contributed by atoms with E-state index in [2.05, 4.69) is 17.2 Å². The van der Waals surface area contributed by atoms with Crippen molar-refractivity contribution in [2.24, 2.45) is 5.10 Å². The van der Waals surface area contributed by atoms with E-state index < -0.39 is 0 Å². The summed E-state index contributed by atoms with van der Waals surface area (Å²) in [5.41, 5.74) is 3.55. The summed E-state index contributed by atoms with van der Waals surface area (Å²) in [5.74, 6) is -0.253. The quantitative estimate of drug-likeness (QED) is 0.718. The second kappa shape index (κ2) is 7.72. The zero-order valence-corrected chi connectivity index (χ0v) is 15.3. The predicted octanol–water partition coefficient (Wildman–Crippen LogP) is 1.84. The Bertz CT molecular complexity index is 910. The van der Waals surface area contributed by atoms with Gasteiger partial charge < -0.3 is 4.90 Å². The highest BCUT2D eigenvalue weighted by atomic mass is 19.1. The van der Waals surface area contributed by atoms with Crippen LogP contribution < -0.4 is 4.90 Å². The molecule has 27 heavy (non-hydrogen) atoms. The van der Waals surface area contributed by atoms with Crippen LogP contribution in [0, 0.1) is 5.82 Å². The molecule has 4 rings (SSSR count). The van der Waals surface area contributed by atoms with Crippen molar-refractivity contribution in [1.82, 2.24) is 14.8 Å². The number of halogens is 1. The van der Waals surface area contributed by atoms with Crippen molar-refractivity contribution in [3.63, 3.8) is 0 Å². The summed E-state index contributed by atoms with van der Waals surface area (Å²) in [7, 11) is 2.21. The Labute approximate surface area is 158 Å². The lowest BCUT2D eigenvalue weighted by Crippen LogP contribution is -3.11. The minimum Gasteiger partial charge on any atom is -0.334 e. The summed E-state index contributed by atoms with van der Waals surface area (Å²) in [5, 5.41) is 11.5. The maximum atomic E-state index is 13.3. The average Bonchev–Trinajstić information content (AvgIpc) is 3.13. The van der Waals surface area contributed by atoms with Crippen molar-refractivity contribution in [3.8, 4) is 16.9 Å². The van der Waals surface area contributed by atoms with Crippen molar-refractivity contribution in [1.29, 1.82) is 0 Å². The Morgan fingerprint density at radius 3 is 2.44 bits per heavy atom. The number of hydrazone groups is 1. The molecule has 1 N–H and O–H groups in total. The van der Waals surface area contributed by atoms with E-state index in [1.807, 2.05) is 47.4 Å². The predicted molar refractivity (Wildman–Crippen MR) is 105 cm³/mol. The van der Waals surface area contributed by atoms with Gasteiger partial charge in [0.25, 0.3) is 0 Å². The first-order valence-electron chi connectivity index (χ1n) is 9.20. The molecular formula is C21H23FN5+. The van der Waals surface area contributed by atoms with E-state index in [0.717, 1.165) is 48.7 Å². The van der Waals surface area contributed by atoms with Gasteiger partial charge in [-0.3, -0.25) is 5.01 Å². The van der Waals surface area contributed by atoms with Crippen LogP contribution in [0.2, 0.25) is 0 Å². The van der Waals surface area contributed by atoms with Gasteiger partial charge in [-0.05, 0) is 36.4 Å². The Morgan fingerprint density at radius 1 is 1.04 bits per heavy atom. The van der Waals surface area contributed by atoms with Crippen LogP contribution in [0.25, 0.3) is 16.9 Å². The first-order valence-corrected chi connectivity index (χ1v) is 9.20. The molecule has 3 aromatic rings. The lowest BCUT2D eigenvalue weighted by Gasteiger charge is -2.27. The number of hydrogen-bond donors (Lipinski definition) is 1. The lowest BCUT2D eigenvalue weighted by atomic mass is 10.1. The fourth-order valence-corrected chi connectivity index (χ4v) is 3.16. The third-order valence-electron chi connectivity index (χ3n) is 4.83. The Kier molecular flexibility index (Phi) is 4.98. The topological polar surface area (TPSA) is 37.9 Å². The molecule has 1 aliphatic rings. The van der Waals surface area contributed by atoms with Gasteiger partial charge >= 0.3 is 0 Å². The number of quaternary nitrogens is 1. The van der Waals surface area contributed by atoms with Crippen molar-refractivity contribution in [3.05, 3.63) is 72.2 Å². The number of likely N-dealkylation sites (N-methyl/N-ethyl adjacent to an activating group) is 1. The van der Waals surface area contributed by atoms with Gasteiger partial charge in [-0.2, -0.15) is 10.2 Å². The normalized spacial score (nSPS) is 15.6. The van der Waals surface area contributed by atoms with E-state index in [4.69, 9.17) is 5.10 Å². The van der Waals surface area contributed by atoms with E-state index in [0.29, 0.717) is 0 Å². The van der Waals surface area contributed by atoms with Gasteiger partial charge in [0.05, 0.1) is 45.1 Å². The fraction of sp³-hybridized carbons (Fsp3) is 0.238. The average molecular weight is 364 g/mol. The zero-order chi connectivity index (χ0) is 18.6. The second-order valence-corrected chi connectivity index (χ2v) is 6.88. The van der Waals surface area contributed by atoms with Gasteiger partial charge in [0.1, 0.15) is 11.5 Å². The molecule has 0 bridgehead atoms. The van der Waals surface area contributed by atoms with Crippen molar-refractivity contribution < 1.29 is 9.29 Å². The van der Waals surface area contributed by atoms with Crippen LogP contribution in [0.1, 0.15) is 5.56 Å². The maximum Gasteiger partial charge on any atom is 0.123 e. The van der Waals surface area contributed by atoms with Crippen LogP contribution in [0.4, 0.5) is 4.39 Å². The van der Waals surface area contributed by atoms with Crippen LogP contribution >= 0.6 is 0 Å². The molecule has 2 heterocycles. The molecule has 5 nitrogen and oxygen atoms in total. The molecule has 0 spiro atoms. The van der Waals surface area contributed by atoms with Gasteiger partial charge in [0, 0.05) is 17.3 Å². The van der Waals surface area contributed by atoms with Gasteiger partial charge in [-0.15, -0.1) is 0 Å². The van der Waals surface area contributed by atoms with E-state index in [1.54, 1.807) is 12.1 Å². The molecule has 0 radical (unpaired) electrons. The molecule has 1 aromatic heterocycles. The SMILES string of the molecule is C[NH+]1CCN(/N=C\c2cn(-c3ccccc3)nc2-c2ccc(F)cc2)CC1. The smallest absolute Gasteiger partial charge is 0.123 e. The van der Waals surface area contributed by atoms with E-state index in [1.165, 1.54) is 17.0 Å². The third kappa shape index (κ3) is 4.06. The molecule has 0 amide bonds. The number of piperazine rings is 1. The highest BCUT2D eigenvalue weighted by Gasteiger charge is 2.15. The third-order valence-corrected chi connectivity index (χ3v) is 4.83. The van der Waals surface area contributed by atoms with Crippen molar-refractivity contribution in [2.45, 2.75) is 0 Å². The molecule has 1 fully saturated rings. The van der Waals surface area contributed by atoms with Crippen LogP contribution in [0.5, 0.6) is 0 Å². The highest BCUT2D eigenvalue weighted by molar-refractivity contribution is 5.88. The van der Waals surface area contributed by atoms with E-state index in [-0.39, 0.29) is 5.82 Å². The molecule has 0 atom stereocenters. The Morgan fingerprint density at radius 2 is 1.74 bits per heavy atom. The molecule has 0 saturated carbocycles. The summed E-state index contributed by atoms with van der Waals surface area (Å²) in [6, 6.07) is 16.4. The molecule has 1 aliphatic heterocycles. The number of hydrogen-bond acceptors (Lipinski definition) is 3. The van der Waals surface area contributed by atoms with E-state index >= 15 is 0 Å². The van der Waals surface area contributed by atoms with Crippen molar-refractivity contribution in [2.75, 3.05) is 33.2 Å². The van der Waals surface area contributed by atoms with Gasteiger partial charge in [0.15, 0.2) is 0 Å². The maximum absolute atomic E-state index is 13.3. The number of nitrogens with one attached hydrogen (secondary N) is 1. The van der Waals surface area contributed by atoms with Crippen LogP contribution in [-0.2, 0) is 0 Å². The molecular weight excluding hydrogens is 341 g/mol. The fourth-order valence-electron chi connectivity index (χ4n) is 3.16. The van der Waals surface area contributed by atoms with Crippen LogP contribution in [-0.4, -0.2) is 54.2 Å². The molecule has 0 unspecified atom stereocenters. The number of rotatable bonds is 4. The number of benzene rings is 2. The molecule has 1 saturated heterocycles. The number of nitrogens with zero attached hydrogens (tertiary/aromatic N) is 4. The second-order valence-electron chi connectivity index (χ2n) is 6.88. The summed E-state index contributed by atoms with van der Waals surface area (Å²) in [6.45, 7) is 4.07. The molecule has 2 aromatic carbocycles. The van der Waals surface area contributed by atoms with E-state index in [9.17, 15) is 4.39 Å². The molecule has 6 heteroatoms. The van der Waals surface area contributed by atoms with Crippen molar-refractivity contribution >= 4 is 6.21 Å². The van der Waals surface area contributed by atoms with Crippen LogP contribution in [0.15, 0.2) is 65.9 Å². The van der Waals surface area contributed by atoms with Gasteiger partial charge in [-0.25, -0.2) is 9.07 Å². The molecule has 138 valence electrons. The first-order chi connectivity index (χ1) is 13.2. The molecule has 0 aliphatic carbocycles. The van der Waals surface area contributed by atoms with Gasteiger partial charge in [-0.1, -0.05) is 18.2 Å². The minimum atomic E-state index is -0.253. The minimum absolute atomic E-state index is 0.253. The number of aromatic nitrogens is 2.